The van der Waals surface area contributed by atoms with E-state index >= 15 is 0 Å². The lowest BCUT2D eigenvalue weighted by Crippen LogP contribution is -1.90. The largest absolute Gasteiger partial charge is 0.265 e. The Kier molecular flexibility index (Phi) is 3.18. The van der Waals surface area contributed by atoms with Crippen LogP contribution in [0.1, 0.15) is 5.56 Å². The summed E-state index contributed by atoms with van der Waals surface area (Å²) in [6.07, 6.45) is 3.35. The van der Waals surface area contributed by atoms with Gasteiger partial charge in [-0.3, -0.25) is 4.98 Å². The van der Waals surface area contributed by atoms with Gasteiger partial charge in [-0.2, -0.15) is 5.26 Å². The van der Waals surface area contributed by atoms with Crippen molar-refractivity contribution in [1.82, 2.24) is 9.97 Å². The van der Waals surface area contributed by atoms with Gasteiger partial charge >= 0.3 is 0 Å². The molecule has 0 aliphatic heterocycles. The monoisotopic (exact) mass is 293 g/mol. The number of hydrogen-bond acceptors (Lipinski definition) is 3. The molecule has 0 aliphatic rings. The van der Waals surface area contributed by atoms with Crippen LogP contribution < -0.4 is 0 Å². The summed E-state index contributed by atoms with van der Waals surface area (Å²) < 4.78 is 0.736. The Labute approximate surface area is 106 Å². The van der Waals surface area contributed by atoms with E-state index in [0.29, 0.717) is 11.3 Å². The molecule has 0 amide bonds. The molecule has 0 spiro atoms. The summed E-state index contributed by atoms with van der Waals surface area (Å²) in [6, 6.07) is 7.29. The van der Waals surface area contributed by atoms with Gasteiger partial charge in [0.15, 0.2) is 0 Å². The summed E-state index contributed by atoms with van der Waals surface area (Å²) >= 11 is 9.25. The van der Waals surface area contributed by atoms with E-state index in [0.717, 1.165) is 10.0 Å². The molecule has 16 heavy (non-hydrogen) atoms. The highest BCUT2D eigenvalue weighted by Crippen LogP contribution is 2.29. The van der Waals surface area contributed by atoms with Gasteiger partial charge in [0.05, 0.1) is 11.3 Å². The van der Waals surface area contributed by atoms with E-state index in [1.54, 1.807) is 18.5 Å². The number of aromatic nitrogens is 2. The molecule has 2 heterocycles. The summed E-state index contributed by atoms with van der Waals surface area (Å²) in [5.74, 6) is 0. The van der Waals surface area contributed by atoms with Crippen LogP contribution in [0.2, 0.25) is 5.15 Å². The van der Waals surface area contributed by atoms with Gasteiger partial charge in [0.2, 0.25) is 0 Å². The van der Waals surface area contributed by atoms with Crippen molar-refractivity contribution in [2.75, 3.05) is 0 Å². The molecular formula is C11H5BrClN3. The molecule has 3 nitrogen and oxygen atoms in total. The molecule has 0 saturated heterocycles. The average molecular weight is 295 g/mol. The standard InChI is InChI=1S/C11H5BrClN3/c12-9-5-8(6-14)11(13)16-10(9)7-1-3-15-4-2-7/h1-5H. The fourth-order valence-corrected chi connectivity index (χ4v) is 1.98. The van der Waals surface area contributed by atoms with Crippen LogP contribution in [-0.2, 0) is 0 Å². The molecule has 0 aliphatic carbocycles. The van der Waals surface area contributed by atoms with Gasteiger partial charge in [-0.1, -0.05) is 11.6 Å². The molecule has 0 N–H and O–H groups in total. The molecule has 0 atom stereocenters. The van der Waals surface area contributed by atoms with Crippen molar-refractivity contribution < 1.29 is 0 Å². The lowest BCUT2D eigenvalue weighted by atomic mass is 10.1. The third-order valence-corrected chi connectivity index (χ3v) is 2.90. The van der Waals surface area contributed by atoms with E-state index in [4.69, 9.17) is 16.9 Å². The number of halogens is 2. The van der Waals surface area contributed by atoms with Gasteiger partial charge in [0.1, 0.15) is 11.2 Å². The summed E-state index contributed by atoms with van der Waals surface area (Å²) in [5.41, 5.74) is 1.95. The maximum absolute atomic E-state index is 8.80. The Hall–Kier alpha value is -1.44. The fraction of sp³-hybridized carbons (Fsp3) is 0. The van der Waals surface area contributed by atoms with Gasteiger partial charge < -0.3 is 0 Å². The predicted octanol–water partition coefficient (Wildman–Crippen LogP) is 3.43. The zero-order valence-corrected chi connectivity index (χ0v) is 10.3. The van der Waals surface area contributed by atoms with E-state index in [2.05, 4.69) is 25.9 Å². The van der Waals surface area contributed by atoms with E-state index in [1.807, 2.05) is 18.2 Å². The van der Waals surface area contributed by atoms with E-state index < -0.39 is 0 Å². The first-order valence-electron chi connectivity index (χ1n) is 4.39. The van der Waals surface area contributed by atoms with E-state index in [-0.39, 0.29) is 5.15 Å². The number of rotatable bonds is 1. The first-order chi connectivity index (χ1) is 7.72. The molecule has 2 aromatic rings. The molecule has 78 valence electrons. The zero-order valence-electron chi connectivity index (χ0n) is 7.98. The van der Waals surface area contributed by atoms with Crippen molar-refractivity contribution >= 4 is 27.5 Å². The molecule has 5 heteroatoms. The maximum Gasteiger partial charge on any atom is 0.147 e. The molecular weight excluding hydrogens is 289 g/mol. The second kappa shape index (κ2) is 4.60. The Bertz CT molecular complexity index is 563. The molecule has 0 radical (unpaired) electrons. The summed E-state index contributed by atoms with van der Waals surface area (Å²) in [7, 11) is 0. The van der Waals surface area contributed by atoms with Crippen molar-refractivity contribution in [3.8, 4) is 17.3 Å². The Morgan fingerprint density at radius 1 is 1.31 bits per heavy atom. The third kappa shape index (κ3) is 2.06. The van der Waals surface area contributed by atoms with Crippen molar-refractivity contribution in [3.63, 3.8) is 0 Å². The second-order valence-electron chi connectivity index (χ2n) is 3.00. The molecule has 2 rings (SSSR count). The van der Waals surface area contributed by atoms with Crippen LogP contribution in [0.15, 0.2) is 35.1 Å². The first kappa shape index (κ1) is 11.1. The van der Waals surface area contributed by atoms with Gasteiger partial charge in [0.25, 0.3) is 0 Å². The summed E-state index contributed by atoms with van der Waals surface area (Å²) in [5, 5.41) is 9.01. The summed E-state index contributed by atoms with van der Waals surface area (Å²) in [4.78, 5) is 8.11. The summed E-state index contributed by atoms with van der Waals surface area (Å²) in [6.45, 7) is 0. The number of nitriles is 1. The molecule has 0 fully saturated rings. The smallest absolute Gasteiger partial charge is 0.147 e. The highest BCUT2D eigenvalue weighted by atomic mass is 79.9. The normalized spacial score (nSPS) is 9.81. The van der Waals surface area contributed by atoms with Gasteiger partial charge in [0, 0.05) is 22.4 Å². The third-order valence-electron chi connectivity index (χ3n) is 2.00. The van der Waals surface area contributed by atoms with Crippen LogP contribution in [0.4, 0.5) is 0 Å². The molecule has 2 aromatic heterocycles. The number of hydrogen-bond donors (Lipinski definition) is 0. The Balaban J connectivity index is 2.60. The Morgan fingerprint density at radius 2 is 2.00 bits per heavy atom. The molecule has 0 unspecified atom stereocenters. The zero-order chi connectivity index (χ0) is 11.5. The fourth-order valence-electron chi connectivity index (χ4n) is 1.26. The maximum atomic E-state index is 8.80. The van der Waals surface area contributed by atoms with Crippen LogP contribution in [-0.4, -0.2) is 9.97 Å². The number of nitrogens with zero attached hydrogens (tertiary/aromatic N) is 3. The lowest BCUT2D eigenvalue weighted by Gasteiger charge is -2.04. The van der Waals surface area contributed by atoms with Gasteiger partial charge in [-0.25, -0.2) is 4.98 Å². The van der Waals surface area contributed by atoms with Crippen molar-refractivity contribution in [1.29, 1.82) is 5.26 Å². The minimum absolute atomic E-state index is 0.206. The average Bonchev–Trinajstić information content (AvgIpc) is 2.32. The van der Waals surface area contributed by atoms with Gasteiger partial charge in [-0.15, -0.1) is 0 Å². The van der Waals surface area contributed by atoms with Gasteiger partial charge in [-0.05, 0) is 34.1 Å². The topological polar surface area (TPSA) is 49.6 Å². The minimum atomic E-state index is 0.206. The van der Waals surface area contributed by atoms with E-state index in [1.165, 1.54) is 0 Å². The van der Waals surface area contributed by atoms with Crippen LogP contribution >= 0.6 is 27.5 Å². The molecule has 0 bridgehead atoms. The first-order valence-corrected chi connectivity index (χ1v) is 5.56. The van der Waals surface area contributed by atoms with Crippen molar-refractivity contribution in [2.24, 2.45) is 0 Å². The van der Waals surface area contributed by atoms with E-state index in [9.17, 15) is 0 Å². The van der Waals surface area contributed by atoms with Crippen LogP contribution in [0.3, 0.4) is 0 Å². The van der Waals surface area contributed by atoms with Crippen LogP contribution in [0.5, 0.6) is 0 Å². The highest BCUT2D eigenvalue weighted by Gasteiger charge is 2.09. The number of pyridine rings is 2. The van der Waals surface area contributed by atoms with Crippen LogP contribution in [0.25, 0.3) is 11.3 Å². The minimum Gasteiger partial charge on any atom is -0.265 e. The highest BCUT2D eigenvalue weighted by molar-refractivity contribution is 9.10. The predicted molar refractivity (Wildman–Crippen MR) is 64.9 cm³/mol. The molecule has 0 saturated carbocycles. The lowest BCUT2D eigenvalue weighted by molar-refractivity contribution is 1.26. The van der Waals surface area contributed by atoms with Crippen LogP contribution in [0, 0.1) is 11.3 Å². The van der Waals surface area contributed by atoms with Crippen molar-refractivity contribution in [2.45, 2.75) is 0 Å². The van der Waals surface area contributed by atoms with Crippen molar-refractivity contribution in [3.05, 3.63) is 45.8 Å². The molecule has 0 aromatic carbocycles. The Morgan fingerprint density at radius 3 is 2.62 bits per heavy atom. The quantitative estimate of drug-likeness (QED) is 0.757. The second-order valence-corrected chi connectivity index (χ2v) is 4.22. The SMILES string of the molecule is N#Cc1cc(Br)c(-c2ccncc2)nc1Cl.